The molecule has 0 unspecified atom stereocenters. The summed E-state index contributed by atoms with van der Waals surface area (Å²) in [6.45, 7) is 1.95. The van der Waals surface area contributed by atoms with Crippen LogP contribution in [0.25, 0.3) is 0 Å². The Morgan fingerprint density at radius 3 is 2.41 bits per heavy atom. The highest BCUT2D eigenvalue weighted by molar-refractivity contribution is 7.90. The molecule has 1 aromatic carbocycles. The molecule has 1 aliphatic rings. The Balaban J connectivity index is 1.90. The molecule has 0 bridgehead atoms. The molecule has 3 rings (SSSR count). The van der Waals surface area contributed by atoms with E-state index >= 15 is 0 Å². The number of rotatable bonds is 8. The third-order valence-electron chi connectivity index (χ3n) is 5.83. The lowest BCUT2D eigenvalue weighted by molar-refractivity contribution is 0.0996. The van der Waals surface area contributed by atoms with Crippen LogP contribution < -0.4 is 16.4 Å². The minimum atomic E-state index is -3.38. The maximum absolute atomic E-state index is 12.1. The molecule has 1 aromatic heterocycles. The summed E-state index contributed by atoms with van der Waals surface area (Å²) in [5.74, 6) is 0.115. The summed E-state index contributed by atoms with van der Waals surface area (Å²) >= 11 is 0. The molecule has 0 spiro atoms. The predicted octanol–water partition coefficient (Wildman–Crippen LogP) is 2.57. The molecule has 1 heterocycles. The number of benzene rings is 1. The van der Waals surface area contributed by atoms with E-state index in [0.29, 0.717) is 29.7 Å². The summed E-state index contributed by atoms with van der Waals surface area (Å²) < 4.78 is 23.8. The summed E-state index contributed by atoms with van der Waals surface area (Å²) in [6, 6.07) is 7.18. The Labute approximate surface area is 189 Å². The first-order chi connectivity index (χ1) is 15.1. The zero-order valence-electron chi connectivity index (χ0n) is 19.1. The fourth-order valence-corrected chi connectivity index (χ4v) is 4.63. The molecule has 0 saturated heterocycles. The smallest absolute Gasteiger partial charge is 0.271 e. The number of nitrogens with two attached hydrogens (primary N) is 1. The van der Waals surface area contributed by atoms with Crippen molar-refractivity contribution in [1.29, 1.82) is 0 Å². The van der Waals surface area contributed by atoms with Crippen molar-refractivity contribution in [2.75, 3.05) is 31.0 Å². The molecule has 0 radical (unpaired) electrons. The quantitative estimate of drug-likeness (QED) is 0.548. The summed E-state index contributed by atoms with van der Waals surface area (Å²) in [6.07, 6.45) is 5.97. The van der Waals surface area contributed by atoms with Crippen molar-refractivity contribution in [3.63, 3.8) is 0 Å². The van der Waals surface area contributed by atoms with Crippen molar-refractivity contribution >= 4 is 33.1 Å². The number of nitrogens with one attached hydrogen (secondary N) is 2. The van der Waals surface area contributed by atoms with E-state index in [9.17, 15) is 13.2 Å². The number of sulfone groups is 1. The van der Waals surface area contributed by atoms with Crippen molar-refractivity contribution in [3.05, 3.63) is 35.7 Å². The van der Waals surface area contributed by atoms with Crippen LogP contribution in [-0.2, 0) is 16.3 Å². The highest BCUT2D eigenvalue weighted by Crippen LogP contribution is 2.28. The fraction of sp³-hybridized carbons (Fsp3) is 0.500. The summed E-state index contributed by atoms with van der Waals surface area (Å²) in [5.41, 5.74) is 6.74. The van der Waals surface area contributed by atoms with E-state index < -0.39 is 15.7 Å². The van der Waals surface area contributed by atoms with Gasteiger partial charge in [0, 0.05) is 24.0 Å². The largest absolute Gasteiger partial charge is 0.366 e. The van der Waals surface area contributed by atoms with E-state index in [-0.39, 0.29) is 22.4 Å². The molecular weight excluding hydrogens is 428 g/mol. The van der Waals surface area contributed by atoms with Gasteiger partial charge in [0.1, 0.15) is 5.82 Å². The molecule has 1 aliphatic carbocycles. The standard InChI is InChI=1S/C22H32N6O3S/c1-5-18-21(24-14-9-11-16(12-10-14)28(2)3)27-22(19(26-18)20(23)29)25-15-7-6-8-17(13-15)32(4,30)31/h6-8,13-14,16H,5,9-12H2,1-4H3,(H2,23,29)(H2,24,25,27)/t14-,16-. The zero-order valence-corrected chi connectivity index (χ0v) is 19.9. The van der Waals surface area contributed by atoms with Crippen LogP contribution in [-0.4, -0.2) is 61.6 Å². The second kappa shape index (κ2) is 9.83. The Bertz CT molecular complexity index is 1080. The zero-order chi connectivity index (χ0) is 23.5. The van der Waals surface area contributed by atoms with E-state index in [1.54, 1.807) is 12.1 Å². The van der Waals surface area contributed by atoms with Crippen LogP contribution in [0.2, 0.25) is 0 Å². The van der Waals surface area contributed by atoms with Gasteiger partial charge in [-0.2, -0.15) is 0 Å². The van der Waals surface area contributed by atoms with Crippen LogP contribution in [0.4, 0.5) is 17.3 Å². The van der Waals surface area contributed by atoms with Crippen LogP contribution in [0, 0.1) is 0 Å². The molecule has 174 valence electrons. The van der Waals surface area contributed by atoms with E-state index in [1.807, 2.05) is 6.92 Å². The van der Waals surface area contributed by atoms with E-state index in [0.717, 1.165) is 31.9 Å². The molecule has 4 N–H and O–H groups in total. The Morgan fingerprint density at radius 1 is 1.16 bits per heavy atom. The number of aromatic nitrogens is 2. The van der Waals surface area contributed by atoms with Crippen LogP contribution in [0.3, 0.4) is 0 Å². The number of amides is 1. The highest BCUT2D eigenvalue weighted by Gasteiger charge is 2.24. The van der Waals surface area contributed by atoms with Crippen molar-refractivity contribution in [2.45, 2.75) is 56.0 Å². The molecule has 0 atom stereocenters. The number of hydrogen-bond donors (Lipinski definition) is 3. The number of nitrogens with zero attached hydrogens (tertiary/aromatic N) is 3. The van der Waals surface area contributed by atoms with Crippen LogP contribution in [0.15, 0.2) is 29.2 Å². The molecule has 2 aromatic rings. The maximum Gasteiger partial charge on any atom is 0.271 e. The van der Waals surface area contributed by atoms with Gasteiger partial charge in [-0.25, -0.2) is 18.4 Å². The molecular formula is C22H32N6O3S. The van der Waals surface area contributed by atoms with E-state index in [2.05, 4.69) is 39.6 Å². The SMILES string of the molecule is CCc1nc(C(N)=O)c(Nc2cccc(S(C)(=O)=O)c2)nc1N[C@H]1CC[C@H](N(C)C)CC1. The van der Waals surface area contributed by atoms with Gasteiger partial charge < -0.3 is 21.3 Å². The summed E-state index contributed by atoms with van der Waals surface area (Å²) in [7, 11) is 0.843. The van der Waals surface area contributed by atoms with Crippen molar-refractivity contribution < 1.29 is 13.2 Å². The lowest BCUT2D eigenvalue weighted by atomic mass is 9.90. The van der Waals surface area contributed by atoms with Gasteiger partial charge >= 0.3 is 0 Å². The Kier molecular flexibility index (Phi) is 7.35. The van der Waals surface area contributed by atoms with E-state index in [4.69, 9.17) is 5.73 Å². The third kappa shape index (κ3) is 5.74. The number of carbonyl (C=O) groups excluding carboxylic acids is 1. The van der Waals surface area contributed by atoms with Crippen molar-refractivity contribution in [2.24, 2.45) is 5.73 Å². The van der Waals surface area contributed by atoms with Gasteiger partial charge in [-0.3, -0.25) is 4.79 Å². The number of hydrogen-bond acceptors (Lipinski definition) is 8. The van der Waals surface area contributed by atoms with Crippen LogP contribution >= 0.6 is 0 Å². The van der Waals surface area contributed by atoms with Gasteiger partial charge in [0.2, 0.25) is 0 Å². The minimum Gasteiger partial charge on any atom is -0.366 e. The first-order valence-electron chi connectivity index (χ1n) is 10.8. The summed E-state index contributed by atoms with van der Waals surface area (Å²) in [4.78, 5) is 23.6. The normalized spacial score (nSPS) is 19.0. The lowest BCUT2D eigenvalue weighted by Crippen LogP contribution is -2.36. The van der Waals surface area contributed by atoms with Gasteiger partial charge in [-0.05, 0) is 64.4 Å². The topological polar surface area (TPSA) is 130 Å². The Morgan fingerprint density at radius 2 is 1.84 bits per heavy atom. The molecule has 10 heteroatoms. The van der Waals surface area contributed by atoms with Gasteiger partial charge in [0.05, 0.1) is 10.6 Å². The predicted molar refractivity (Wildman–Crippen MR) is 126 cm³/mol. The van der Waals surface area contributed by atoms with Gasteiger partial charge in [0.25, 0.3) is 5.91 Å². The first-order valence-corrected chi connectivity index (χ1v) is 12.7. The fourth-order valence-electron chi connectivity index (χ4n) is 3.96. The maximum atomic E-state index is 12.1. The second-order valence-corrected chi connectivity index (χ2v) is 10.5. The number of primary amides is 1. The minimum absolute atomic E-state index is 0.0217. The first kappa shape index (κ1) is 23.9. The second-order valence-electron chi connectivity index (χ2n) is 8.47. The van der Waals surface area contributed by atoms with Crippen LogP contribution in [0.5, 0.6) is 0 Å². The molecule has 32 heavy (non-hydrogen) atoms. The van der Waals surface area contributed by atoms with E-state index in [1.165, 1.54) is 12.1 Å². The molecule has 9 nitrogen and oxygen atoms in total. The molecule has 0 aliphatic heterocycles. The van der Waals surface area contributed by atoms with Gasteiger partial charge in [-0.15, -0.1) is 0 Å². The molecule has 1 fully saturated rings. The number of aryl methyl sites for hydroxylation is 1. The summed E-state index contributed by atoms with van der Waals surface area (Å²) in [5, 5.41) is 6.54. The van der Waals surface area contributed by atoms with Crippen molar-refractivity contribution in [1.82, 2.24) is 14.9 Å². The molecule has 1 saturated carbocycles. The van der Waals surface area contributed by atoms with Gasteiger partial charge in [0.15, 0.2) is 21.3 Å². The third-order valence-corrected chi connectivity index (χ3v) is 6.94. The average Bonchev–Trinajstić information content (AvgIpc) is 2.73. The average molecular weight is 461 g/mol. The number of carbonyl (C=O) groups is 1. The Hall–Kier alpha value is -2.72. The molecule has 1 amide bonds. The monoisotopic (exact) mass is 460 g/mol. The van der Waals surface area contributed by atoms with Crippen LogP contribution in [0.1, 0.15) is 48.8 Å². The highest BCUT2D eigenvalue weighted by atomic mass is 32.2. The number of anilines is 3. The lowest BCUT2D eigenvalue weighted by Gasteiger charge is -2.33. The van der Waals surface area contributed by atoms with Gasteiger partial charge in [-0.1, -0.05) is 13.0 Å². The van der Waals surface area contributed by atoms with Crippen molar-refractivity contribution in [3.8, 4) is 0 Å².